The summed E-state index contributed by atoms with van der Waals surface area (Å²) in [6.07, 6.45) is -0.553. The SMILES string of the molecule is Cc1ccc(Br)c(COc2ccc(S(=O)(=O)N3CC(O)CCC3C(=O)O)cc2)c1. The van der Waals surface area contributed by atoms with Gasteiger partial charge in [0.2, 0.25) is 10.0 Å². The number of sulfonamides is 1. The van der Waals surface area contributed by atoms with Crippen LogP contribution in [-0.2, 0) is 21.4 Å². The number of aliphatic hydroxyl groups is 1. The van der Waals surface area contributed by atoms with Gasteiger partial charge in [-0.05, 0) is 50.1 Å². The number of ether oxygens (including phenoxy) is 1. The number of halogens is 1. The molecule has 2 unspecified atom stereocenters. The molecule has 1 aliphatic rings. The second-order valence-electron chi connectivity index (χ2n) is 7.01. The molecular formula is C20H22BrNO6S. The van der Waals surface area contributed by atoms with Crippen molar-refractivity contribution in [2.45, 2.75) is 43.4 Å². The number of carboxylic acid groups (broad SMARTS) is 1. The molecule has 0 amide bonds. The zero-order chi connectivity index (χ0) is 21.2. The Bertz CT molecular complexity index is 993. The second kappa shape index (κ2) is 8.83. The summed E-state index contributed by atoms with van der Waals surface area (Å²) < 4.78 is 33.4. The lowest BCUT2D eigenvalue weighted by atomic mass is 10.0. The van der Waals surface area contributed by atoms with E-state index in [-0.39, 0.29) is 24.3 Å². The van der Waals surface area contributed by atoms with Crippen LogP contribution in [0.4, 0.5) is 0 Å². The van der Waals surface area contributed by atoms with Gasteiger partial charge in [0, 0.05) is 16.6 Å². The van der Waals surface area contributed by atoms with Crippen molar-refractivity contribution in [3.63, 3.8) is 0 Å². The minimum Gasteiger partial charge on any atom is -0.489 e. The minimum atomic E-state index is -4.06. The van der Waals surface area contributed by atoms with Crippen LogP contribution in [0, 0.1) is 6.92 Å². The van der Waals surface area contributed by atoms with E-state index in [1.807, 2.05) is 25.1 Å². The predicted octanol–water partition coefficient (Wildman–Crippen LogP) is 2.94. The molecular weight excluding hydrogens is 462 g/mol. The number of hydrogen-bond acceptors (Lipinski definition) is 5. The highest BCUT2D eigenvalue weighted by Crippen LogP contribution is 2.27. The number of aliphatic carboxylic acids is 1. The van der Waals surface area contributed by atoms with Crippen LogP contribution in [0.5, 0.6) is 5.75 Å². The van der Waals surface area contributed by atoms with Crippen LogP contribution in [0.2, 0.25) is 0 Å². The Morgan fingerprint density at radius 1 is 1.21 bits per heavy atom. The van der Waals surface area contributed by atoms with Crippen LogP contribution in [0.25, 0.3) is 0 Å². The van der Waals surface area contributed by atoms with Gasteiger partial charge in [-0.2, -0.15) is 4.31 Å². The third-order valence-electron chi connectivity index (χ3n) is 4.82. The average molecular weight is 484 g/mol. The van der Waals surface area contributed by atoms with E-state index >= 15 is 0 Å². The van der Waals surface area contributed by atoms with Crippen molar-refractivity contribution in [3.05, 3.63) is 58.1 Å². The molecule has 2 aromatic rings. The van der Waals surface area contributed by atoms with Gasteiger partial charge < -0.3 is 14.9 Å². The molecule has 9 heteroatoms. The molecule has 0 aliphatic carbocycles. The van der Waals surface area contributed by atoms with Gasteiger partial charge in [0.25, 0.3) is 0 Å². The molecule has 0 radical (unpaired) electrons. The van der Waals surface area contributed by atoms with E-state index in [9.17, 15) is 23.4 Å². The smallest absolute Gasteiger partial charge is 0.322 e. The summed E-state index contributed by atoms with van der Waals surface area (Å²) in [7, 11) is -4.06. The van der Waals surface area contributed by atoms with Gasteiger partial charge in [0.05, 0.1) is 11.0 Å². The fraction of sp³-hybridized carbons (Fsp3) is 0.350. The van der Waals surface area contributed by atoms with Crippen LogP contribution in [0.15, 0.2) is 51.8 Å². The summed E-state index contributed by atoms with van der Waals surface area (Å²) >= 11 is 3.47. The standard InChI is InChI=1S/C20H22BrNO6S/c1-13-2-8-18(21)14(10-13)12-28-16-4-6-17(7-5-16)29(26,27)22-11-15(23)3-9-19(22)20(24)25/h2,4-8,10,15,19,23H,3,9,11-12H2,1H3,(H,24,25). The molecule has 1 heterocycles. The topological polar surface area (TPSA) is 104 Å². The maximum absolute atomic E-state index is 12.9. The number of piperidine rings is 1. The van der Waals surface area contributed by atoms with Crippen molar-refractivity contribution in [1.82, 2.24) is 4.31 Å². The molecule has 1 fully saturated rings. The third kappa shape index (κ3) is 4.98. The summed E-state index contributed by atoms with van der Waals surface area (Å²) in [5, 5.41) is 19.2. The summed E-state index contributed by atoms with van der Waals surface area (Å²) in [4.78, 5) is 11.4. The van der Waals surface area contributed by atoms with E-state index in [0.717, 1.165) is 19.9 Å². The van der Waals surface area contributed by atoms with Crippen LogP contribution < -0.4 is 4.74 Å². The molecule has 1 saturated heterocycles. The highest BCUT2D eigenvalue weighted by molar-refractivity contribution is 9.10. The minimum absolute atomic E-state index is 0.0399. The normalized spacial score (nSPS) is 20.4. The van der Waals surface area contributed by atoms with E-state index in [1.165, 1.54) is 24.3 Å². The Hall–Kier alpha value is -1.94. The lowest BCUT2D eigenvalue weighted by Gasteiger charge is -2.34. The van der Waals surface area contributed by atoms with Gasteiger partial charge in [-0.25, -0.2) is 8.42 Å². The van der Waals surface area contributed by atoms with Gasteiger partial charge in [0.15, 0.2) is 0 Å². The predicted molar refractivity (Wildman–Crippen MR) is 110 cm³/mol. The molecule has 2 atom stereocenters. The lowest BCUT2D eigenvalue weighted by Crippen LogP contribution is -2.51. The second-order valence-corrected chi connectivity index (χ2v) is 9.76. The van der Waals surface area contributed by atoms with Gasteiger partial charge in [-0.15, -0.1) is 0 Å². The number of aliphatic hydroxyl groups excluding tert-OH is 1. The molecule has 156 valence electrons. The van der Waals surface area contributed by atoms with Crippen LogP contribution in [0.1, 0.15) is 24.0 Å². The van der Waals surface area contributed by atoms with Crippen molar-refractivity contribution < 1.29 is 28.2 Å². The molecule has 3 rings (SSSR count). The van der Waals surface area contributed by atoms with E-state index in [0.29, 0.717) is 12.4 Å². The Labute approximate surface area is 178 Å². The number of carboxylic acids is 1. The molecule has 7 nitrogen and oxygen atoms in total. The Balaban J connectivity index is 1.76. The molecule has 1 aliphatic heterocycles. The zero-order valence-corrected chi connectivity index (χ0v) is 18.2. The Morgan fingerprint density at radius 2 is 1.90 bits per heavy atom. The van der Waals surface area contributed by atoms with E-state index in [4.69, 9.17) is 4.74 Å². The zero-order valence-electron chi connectivity index (χ0n) is 15.8. The average Bonchev–Trinajstić information content (AvgIpc) is 2.68. The van der Waals surface area contributed by atoms with E-state index < -0.39 is 28.1 Å². The van der Waals surface area contributed by atoms with Crippen LogP contribution >= 0.6 is 15.9 Å². The first-order valence-corrected chi connectivity index (χ1v) is 11.3. The number of rotatable bonds is 6. The molecule has 2 aromatic carbocycles. The summed E-state index contributed by atoms with van der Waals surface area (Å²) in [6, 6.07) is 10.6. The molecule has 2 N–H and O–H groups in total. The number of β-amino-alcohol motifs (C(OH)–C–C–N with tert-alkyl or cyclic N) is 1. The number of carbonyl (C=O) groups is 1. The summed E-state index contributed by atoms with van der Waals surface area (Å²) in [6.45, 7) is 2.06. The number of nitrogens with zero attached hydrogens (tertiary/aromatic N) is 1. The van der Waals surface area contributed by atoms with Gasteiger partial charge in [0.1, 0.15) is 18.4 Å². The highest BCUT2D eigenvalue weighted by atomic mass is 79.9. The molecule has 0 saturated carbocycles. The largest absolute Gasteiger partial charge is 0.489 e. The maximum Gasteiger partial charge on any atom is 0.322 e. The first-order valence-electron chi connectivity index (χ1n) is 9.09. The number of hydrogen-bond donors (Lipinski definition) is 2. The van der Waals surface area contributed by atoms with Gasteiger partial charge in [-0.1, -0.05) is 33.6 Å². The van der Waals surface area contributed by atoms with Crippen molar-refractivity contribution in [2.24, 2.45) is 0 Å². The molecule has 0 bridgehead atoms. The molecule has 0 aromatic heterocycles. The maximum atomic E-state index is 12.9. The third-order valence-corrected chi connectivity index (χ3v) is 7.49. The molecule has 0 spiro atoms. The van der Waals surface area contributed by atoms with Crippen molar-refractivity contribution in [3.8, 4) is 5.75 Å². The number of aryl methyl sites for hydroxylation is 1. The number of benzene rings is 2. The van der Waals surface area contributed by atoms with Crippen molar-refractivity contribution in [1.29, 1.82) is 0 Å². The lowest BCUT2D eigenvalue weighted by molar-refractivity contribution is -0.143. The summed E-state index contributed by atoms with van der Waals surface area (Å²) in [5.41, 5.74) is 2.07. The highest BCUT2D eigenvalue weighted by Gasteiger charge is 2.40. The molecule has 29 heavy (non-hydrogen) atoms. The fourth-order valence-electron chi connectivity index (χ4n) is 3.25. The van der Waals surface area contributed by atoms with Gasteiger partial charge in [-0.3, -0.25) is 4.79 Å². The first kappa shape index (κ1) is 21.8. The van der Waals surface area contributed by atoms with Crippen LogP contribution in [-0.4, -0.2) is 47.6 Å². The fourth-order valence-corrected chi connectivity index (χ4v) is 5.26. The van der Waals surface area contributed by atoms with E-state index in [1.54, 1.807) is 0 Å². The first-order chi connectivity index (χ1) is 13.7. The van der Waals surface area contributed by atoms with Crippen LogP contribution in [0.3, 0.4) is 0 Å². The van der Waals surface area contributed by atoms with Crippen molar-refractivity contribution >= 4 is 31.9 Å². The van der Waals surface area contributed by atoms with E-state index in [2.05, 4.69) is 15.9 Å². The van der Waals surface area contributed by atoms with Crippen molar-refractivity contribution in [2.75, 3.05) is 6.54 Å². The van der Waals surface area contributed by atoms with Gasteiger partial charge >= 0.3 is 5.97 Å². The Morgan fingerprint density at radius 3 is 2.55 bits per heavy atom. The summed E-state index contributed by atoms with van der Waals surface area (Å²) in [5.74, 6) is -0.727. The quantitative estimate of drug-likeness (QED) is 0.654. The monoisotopic (exact) mass is 483 g/mol. The Kier molecular flexibility index (Phi) is 6.62.